The Bertz CT molecular complexity index is 1460. The van der Waals surface area contributed by atoms with E-state index in [1.54, 1.807) is 31.2 Å². The SMILES string of the molecule is CCOC(=O)c1ccc(N2C(=O)C(=O)/C(=C(/O)c3cc(OC)c(Cl)cc3OC)C2c2cccc(OC)c2)cc1. The first-order valence-corrected chi connectivity index (χ1v) is 12.3. The average molecular weight is 552 g/mol. The fourth-order valence-electron chi connectivity index (χ4n) is 4.39. The Morgan fingerprint density at radius 3 is 2.26 bits per heavy atom. The molecule has 1 fully saturated rings. The minimum absolute atomic E-state index is 0.113. The molecule has 1 amide bonds. The molecule has 0 saturated carbocycles. The molecule has 10 heteroatoms. The molecule has 3 aromatic carbocycles. The maximum atomic E-state index is 13.5. The molecule has 39 heavy (non-hydrogen) atoms. The second-order valence-corrected chi connectivity index (χ2v) is 8.81. The highest BCUT2D eigenvalue weighted by Crippen LogP contribution is 2.45. The van der Waals surface area contributed by atoms with E-state index in [2.05, 4.69) is 0 Å². The van der Waals surface area contributed by atoms with E-state index in [4.69, 9.17) is 30.5 Å². The maximum absolute atomic E-state index is 13.5. The first-order valence-electron chi connectivity index (χ1n) is 11.9. The summed E-state index contributed by atoms with van der Waals surface area (Å²) in [7, 11) is 4.29. The van der Waals surface area contributed by atoms with Crippen LogP contribution in [0.1, 0.15) is 34.5 Å². The Balaban J connectivity index is 1.94. The van der Waals surface area contributed by atoms with Crippen LogP contribution in [0.15, 0.2) is 66.2 Å². The number of carbonyl (C=O) groups excluding carboxylic acids is 3. The summed E-state index contributed by atoms with van der Waals surface area (Å²) < 4.78 is 21.1. The lowest BCUT2D eigenvalue weighted by Crippen LogP contribution is -2.29. The van der Waals surface area contributed by atoms with Gasteiger partial charge in [0.1, 0.15) is 23.0 Å². The summed E-state index contributed by atoms with van der Waals surface area (Å²) >= 11 is 6.23. The molecule has 0 aliphatic carbocycles. The average Bonchev–Trinajstić information content (AvgIpc) is 3.22. The first kappa shape index (κ1) is 27.5. The fraction of sp³-hybridized carbons (Fsp3) is 0.207. The molecule has 9 nitrogen and oxygen atoms in total. The number of anilines is 1. The number of benzene rings is 3. The molecule has 1 saturated heterocycles. The number of hydrogen-bond acceptors (Lipinski definition) is 8. The van der Waals surface area contributed by atoms with E-state index in [1.165, 1.54) is 62.6 Å². The number of hydrogen-bond donors (Lipinski definition) is 1. The number of nitrogens with zero attached hydrogens (tertiary/aromatic N) is 1. The summed E-state index contributed by atoms with van der Waals surface area (Å²) in [5.41, 5.74) is 1.06. The zero-order valence-electron chi connectivity index (χ0n) is 21.7. The van der Waals surface area contributed by atoms with Crippen molar-refractivity contribution in [3.8, 4) is 17.2 Å². The Kier molecular flexibility index (Phi) is 8.11. The third-order valence-electron chi connectivity index (χ3n) is 6.24. The lowest BCUT2D eigenvalue weighted by Gasteiger charge is -2.26. The standard InChI is InChI=1S/C29H26ClNO8/c1-5-39-29(35)16-9-11-18(12-10-16)31-25(17-7-6-8-19(13-17)36-2)24(27(33)28(31)34)26(32)20-14-23(38-4)21(30)15-22(20)37-3/h6-15,25,32H,5H2,1-4H3/b26-24+. The van der Waals surface area contributed by atoms with Gasteiger partial charge in [0.25, 0.3) is 11.7 Å². The minimum atomic E-state index is -1.04. The van der Waals surface area contributed by atoms with E-state index >= 15 is 0 Å². The number of aliphatic hydroxyl groups is 1. The van der Waals surface area contributed by atoms with Crippen LogP contribution >= 0.6 is 11.6 Å². The molecular weight excluding hydrogens is 526 g/mol. The van der Waals surface area contributed by atoms with Crippen molar-refractivity contribution in [2.45, 2.75) is 13.0 Å². The molecule has 0 radical (unpaired) electrons. The van der Waals surface area contributed by atoms with Crippen molar-refractivity contribution >= 4 is 40.7 Å². The van der Waals surface area contributed by atoms with Crippen LogP contribution in [0.4, 0.5) is 5.69 Å². The highest BCUT2D eigenvalue weighted by Gasteiger charge is 2.47. The fourth-order valence-corrected chi connectivity index (χ4v) is 4.62. The molecule has 0 bridgehead atoms. The molecule has 1 unspecified atom stereocenters. The van der Waals surface area contributed by atoms with Crippen molar-refractivity contribution in [2.75, 3.05) is 32.8 Å². The second kappa shape index (κ2) is 11.5. The van der Waals surface area contributed by atoms with Crippen molar-refractivity contribution < 1.29 is 38.4 Å². The second-order valence-electron chi connectivity index (χ2n) is 8.40. The van der Waals surface area contributed by atoms with E-state index in [1.807, 2.05) is 0 Å². The van der Waals surface area contributed by atoms with E-state index in [0.717, 1.165) is 0 Å². The predicted octanol–water partition coefficient (Wildman–Crippen LogP) is 5.17. The van der Waals surface area contributed by atoms with E-state index in [0.29, 0.717) is 17.0 Å². The van der Waals surface area contributed by atoms with Gasteiger partial charge in [-0.1, -0.05) is 23.7 Å². The van der Waals surface area contributed by atoms with Gasteiger partial charge in [0, 0.05) is 11.8 Å². The lowest BCUT2D eigenvalue weighted by atomic mass is 9.94. The summed E-state index contributed by atoms with van der Waals surface area (Å²) in [6.45, 7) is 1.91. The van der Waals surface area contributed by atoms with E-state index in [9.17, 15) is 19.5 Å². The smallest absolute Gasteiger partial charge is 0.338 e. The lowest BCUT2D eigenvalue weighted by molar-refractivity contribution is -0.132. The molecule has 1 heterocycles. The van der Waals surface area contributed by atoms with Crippen molar-refractivity contribution in [3.63, 3.8) is 0 Å². The molecule has 1 aliphatic heterocycles. The predicted molar refractivity (Wildman–Crippen MR) is 145 cm³/mol. The molecule has 0 spiro atoms. The van der Waals surface area contributed by atoms with Crippen LogP contribution in [-0.4, -0.2) is 50.7 Å². The number of halogens is 1. The van der Waals surface area contributed by atoms with Crippen LogP contribution in [0, 0.1) is 0 Å². The van der Waals surface area contributed by atoms with Crippen LogP contribution in [0.25, 0.3) is 5.76 Å². The van der Waals surface area contributed by atoms with Gasteiger partial charge in [0.05, 0.1) is 55.7 Å². The zero-order chi connectivity index (χ0) is 28.3. The third-order valence-corrected chi connectivity index (χ3v) is 6.53. The normalized spacial score (nSPS) is 16.2. The van der Waals surface area contributed by atoms with Gasteiger partial charge in [0.2, 0.25) is 0 Å². The van der Waals surface area contributed by atoms with Crippen LogP contribution in [-0.2, 0) is 14.3 Å². The van der Waals surface area contributed by atoms with Crippen LogP contribution in [0.3, 0.4) is 0 Å². The van der Waals surface area contributed by atoms with Gasteiger partial charge < -0.3 is 24.1 Å². The van der Waals surface area contributed by atoms with Crippen molar-refractivity contribution in [1.29, 1.82) is 0 Å². The van der Waals surface area contributed by atoms with Crippen molar-refractivity contribution in [2.24, 2.45) is 0 Å². The largest absolute Gasteiger partial charge is 0.507 e. The first-order chi connectivity index (χ1) is 18.7. The van der Waals surface area contributed by atoms with E-state index < -0.39 is 29.5 Å². The Hall–Kier alpha value is -4.50. The maximum Gasteiger partial charge on any atom is 0.338 e. The molecule has 202 valence electrons. The number of ether oxygens (including phenoxy) is 4. The molecule has 0 aromatic heterocycles. The van der Waals surface area contributed by atoms with Crippen LogP contribution < -0.4 is 19.1 Å². The van der Waals surface area contributed by atoms with Gasteiger partial charge in [-0.05, 0) is 55.0 Å². The Morgan fingerprint density at radius 2 is 1.64 bits per heavy atom. The summed E-state index contributed by atoms with van der Waals surface area (Å²) in [6.07, 6.45) is 0. The van der Waals surface area contributed by atoms with E-state index in [-0.39, 0.29) is 39.8 Å². The minimum Gasteiger partial charge on any atom is -0.507 e. The van der Waals surface area contributed by atoms with Gasteiger partial charge in [-0.2, -0.15) is 0 Å². The number of amides is 1. The Labute approximate surface area is 230 Å². The summed E-state index contributed by atoms with van der Waals surface area (Å²) in [5.74, 6) is -1.87. The molecule has 1 atom stereocenters. The number of carbonyl (C=O) groups is 3. The summed E-state index contributed by atoms with van der Waals surface area (Å²) in [4.78, 5) is 40.4. The quantitative estimate of drug-likeness (QED) is 0.177. The monoisotopic (exact) mass is 551 g/mol. The number of ketones is 1. The van der Waals surface area contributed by atoms with Crippen molar-refractivity contribution in [3.05, 3.63) is 87.9 Å². The van der Waals surface area contributed by atoms with Gasteiger partial charge >= 0.3 is 5.97 Å². The van der Waals surface area contributed by atoms with Gasteiger partial charge in [-0.3, -0.25) is 14.5 Å². The Morgan fingerprint density at radius 1 is 0.949 bits per heavy atom. The molecule has 1 N–H and O–H groups in total. The number of aliphatic hydroxyl groups excluding tert-OH is 1. The van der Waals surface area contributed by atoms with Crippen molar-refractivity contribution in [1.82, 2.24) is 0 Å². The zero-order valence-corrected chi connectivity index (χ0v) is 22.4. The topological polar surface area (TPSA) is 112 Å². The number of methoxy groups -OCH3 is 3. The molecule has 4 rings (SSSR count). The number of esters is 1. The summed E-state index contributed by atoms with van der Waals surface area (Å²) in [6, 6.07) is 14.7. The third kappa shape index (κ3) is 5.13. The molecule has 3 aromatic rings. The highest BCUT2D eigenvalue weighted by molar-refractivity contribution is 6.51. The molecular formula is C29H26ClNO8. The van der Waals surface area contributed by atoms with Gasteiger partial charge in [-0.25, -0.2) is 4.79 Å². The van der Waals surface area contributed by atoms with Gasteiger partial charge in [-0.15, -0.1) is 0 Å². The molecule has 1 aliphatic rings. The van der Waals surface area contributed by atoms with Crippen LogP contribution in [0.2, 0.25) is 5.02 Å². The van der Waals surface area contributed by atoms with Crippen LogP contribution in [0.5, 0.6) is 17.2 Å². The highest BCUT2D eigenvalue weighted by atomic mass is 35.5. The van der Waals surface area contributed by atoms with Gasteiger partial charge in [0.15, 0.2) is 0 Å². The summed E-state index contributed by atoms with van der Waals surface area (Å²) in [5, 5.41) is 11.8. The number of Topliss-reactive ketones (excluding diaryl/α,β-unsaturated/α-hetero) is 1. The number of rotatable bonds is 8.